The maximum atomic E-state index is 7.21. The van der Waals surface area contributed by atoms with Crippen molar-refractivity contribution in [1.82, 2.24) is 19.5 Å². The van der Waals surface area contributed by atoms with Gasteiger partial charge in [-0.05, 0) is 40.8 Å². The summed E-state index contributed by atoms with van der Waals surface area (Å²) in [7, 11) is 0. The molecule has 8 aromatic carbocycles. The Bertz CT molecular complexity index is 3090. The lowest BCUT2D eigenvalue weighted by atomic mass is 9.93. The molecule has 0 bridgehead atoms. The van der Waals surface area contributed by atoms with E-state index >= 15 is 0 Å². The Balaban J connectivity index is 1.28. The predicted octanol–water partition coefficient (Wildman–Crippen LogP) is 12.7. The molecule has 0 aliphatic rings. The van der Waals surface area contributed by atoms with E-state index in [0.717, 1.165) is 77.2 Å². The summed E-state index contributed by atoms with van der Waals surface area (Å²) in [5.41, 5.74) is 9.80. The van der Waals surface area contributed by atoms with E-state index in [0.29, 0.717) is 17.5 Å². The van der Waals surface area contributed by atoms with Crippen molar-refractivity contribution in [2.24, 2.45) is 0 Å². The summed E-state index contributed by atoms with van der Waals surface area (Å²) < 4.78 is 9.54. The molecule has 252 valence electrons. The third-order valence-electron chi connectivity index (χ3n) is 10.4. The molecular formula is C49H30N4O. The molecule has 5 heteroatoms. The number of hydrogen-bond donors (Lipinski definition) is 0. The molecule has 0 spiro atoms. The lowest BCUT2D eigenvalue weighted by Crippen LogP contribution is -2.00. The monoisotopic (exact) mass is 690 g/mol. The van der Waals surface area contributed by atoms with Crippen LogP contribution in [0, 0.1) is 0 Å². The lowest BCUT2D eigenvalue weighted by Gasteiger charge is -2.12. The van der Waals surface area contributed by atoms with Gasteiger partial charge in [0.25, 0.3) is 0 Å². The second-order valence-electron chi connectivity index (χ2n) is 13.6. The minimum absolute atomic E-state index is 0.586. The van der Waals surface area contributed by atoms with Crippen molar-refractivity contribution in [3.63, 3.8) is 0 Å². The number of hydrogen-bond acceptors (Lipinski definition) is 4. The number of nitrogens with zero attached hydrogens (tertiary/aromatic N) is 4. The average Bonchev–Trinajstić information content (AvgIpc) is 3.81. The first-order chi connectivity index (χ1) is 26.8. The van der Waals surface area contributed by atoms with Gasteiger partial charge in [0.1, 0.15) is 5.58 Å². The van der Waals surface area contributed by atoms with Crippen LogP contribution in [0.2, 0.25) is 0 Å². The Morgan fingerprint density at radius 1 is 0.352 bits per heavy atom. The maximum Gasteiger partial charge on any atom is 0.164 e. The number of aromatic nitrogens is 4. The van der Waals surface area contributed by atoms with Crippen LogP contribution in [-0.2, 0) is 0 Å². The maximum absolute atomic E-state index is 7.21. The smallest absolute Gasteiger partial charge is 0.164 e. The number of rotatable bonds is 5. The second kappa shape index (κ2) is 12.1. The van der Waals surface area contributed by atoms with Crippen LogP contribution in [0.1, 0.15) is 0 Å². The Labute approximate surface area is 310 Å². The highest BCUT2D eigenvalue weighted by molar-refractivity contribution is 6.24. The summed E-state index contributed by atoms with van der Waals surface area (Å²) in [5, 5.41) is 6.45. The van der Waals surface area contributed by atoms with Gasteiger partial charge in [-0.25, -0.2) is 15.0 Å². The fourth-order valence-corrected chi connectivity index (χ4v) is 8.03. The third-order valence-corrected chi connectivity index (χ3v) is 10.4. The molecule has 0 fully saturated rings. The van der Waals surface area contributed by atoms with Crippen LogP contribution in [0.25, 0.3) is 105 Å². The molecule has 0 saturated carbocycles. The molecule has 0 N–H and O–H groups in total. The van der Waals surface area contributed by atoms with Gasteiger partial charge < -0.3 is 8.98 Å². The number of para-hydroxylation sites is 3. The van der Waals surface area contributed by atoms with E-state index in [2.05, 4.69) is 126 Å². The van der Waals surface area contributed by atoms with E-state index in [9.17, 15) is 0 Å². The Morgan fingerprint density at radius 2 is 0.852 bits per heavy atom. The van der Waals surface area contributed by atoms with E-state index in [1.807, 2.05) is 60.7 Å². The Hall–Kier alpha value is -7.37. The normalized spacial score (nSPS) is 11.7. The summed E-state index contributed by atoms with van der Waals surface area (Å²) >= 11 is 0. The molecule has 5 nitrogen and oxygen atoms in total. The van der Waals surface area contributed by atoms with Gasteiger partial charge in [0.15, 0.2) is 23.1 Å². The molecule has 0 saturated heterocycles. The third kappa shape index (κ3) is 4.69. The molecule has 0 atom stereocenters. The van der Waals surface area contributed by atoms with Crippen LogP contribution in [0.4, 0.5) is 0 Å². The summed E-state index contributed by atoms with van der Waals surface area (Å²) in [6.07, 6.45) is 0. The van der Waals surface area contributed by atoms with Crippen molar-refractivity contribution in [3.8, 4) is 51.0 Å². The van der Waals surface area contributed by atoms with Gasteiger partial charge in [0.2, 0.25) is 0 Å². The summed E-state index contributed by atoms with van der Waals surface area (Å²) in [4.78, 5) is 15.5. The van der Waals surface area contributed by atoms with Crippen molar-refractivity contribution in [2.45, 2.75) is 0 Å². The molecule has 0 aliphatic heterocycles. The zero-order chi connectivity index (χ0) is 35.6. The van der Waals surface area contributed by atoms with Gasteiger partial charge >= 0.3 is 0 Å². The molecule has 11 rings (SSSR count). The highest BCUT2D eigenvalue weighted by Crippen LogP contribution is 2.45. The molecule has 11 aromatic rings. The Kier molecular flexibility index (Phi) is 6.79. The highest BCUT2D eigenvalue weighted by Gasteiger charge is 2.24. The lowest BCUT2D eigenvalue weighted by molar-refractivity contribution is 0.670. The molecule has 3 heterocycles. The highest BCUT2D eigenvalue weighted by atomic mass is 16.3. The van der Waals surface area contributed by atoms with Crippen molar-refractivity contribution >= 4 is 54.5 Å². The summed E-state index contributed by atoms with van der Waals surface area (Å²) in [5.74, 6) is 1.81. The van der Waals surface area contributed by atoms with Crippen LogP contribution in [-0.4, -0.2) is 19.5 Å². The predicted molar refractivity (Wildman–Crippen MR) is 221 cm³/mol. The zero-order valence-electron chi connectivity index (χ0n) is 29.0. The minimum Gasteiger partial charge on any atom is -0.453 e. The van der Waals surface area contributed by atoms with E-state index in [1.165, 1.54) is 10.8 Å². The molecule has 54 heavy (non-hydrogen) atoms. The van der Waals surface area contributed by atoms with E-state index < -0.39 is 0 Å². The topological polar surface area (TPSA) is 56.7 Å². The van der Waals surface area contributed by atoms with Crippen LogP contribution in [0.3, 0.4) is 0 Å². The first-order valence-corrected chi connectivity index (χ1v) is 18.1. The SMILES string of the molecule is c1ccc(-c2nc(-c3ccccc3)nc(-c3cc4c(-c5ccccc5)cccc4c4oc5c(-n6c7ccccc7c7ccccc76)cccc5c34)n2)cc1. The average molecular weight is 691 g/mol. The van der Waals surface area contributed by atoms with Gasteiger partial charge in [0, 0.05) is 43.6 Å². The molecule has 0 amide bonds. The van der Waals surface area contributed by atoms with Crippen LogP contribution in [0.5, 0.6) is 0 Å². The van der Waals surface area contributed by atoms with Gasteiger partial charge in [-0.2, -0.15) is 0 Å². The van der Waals surface area contributed by atoms with Gasteiger partial charge in [-0.1, -0.05) is 158 Å². The second-order valence-corrected chi connectivity index (χ2v) is 13.6. The van der Waals surface area contributed by atoms with Crippen molar-refractivity contribution in [3.05, 3.63) is 182 Å². The van der Waals surface area contributed by atoms with E-state index in [-0.39, 0.29) is 0 Å². The van der Waals surface area contributed by atoms with Crippen LogP contribution in [0.15, 0.2) is 186 Å². The number of benzene rings is 8. The zero-order valence-corrected chi connectivity index (χ0v) is 29.0. The van der Waals surface area contributed by atoms with E-state index in [4.69, 9.17) is 19.4 Å². The largest absolute Gasteiger partial charge is 0.453 e. The molecule has 3 aromatic heterocycles. The fraction of sp³-hybridized carbons (Fsp3) is 0. The first-order valence-electron chi connectivity index (χ1n) is 18.1. The molecular weight excluding hydrogens is 661 g/mol. The van der Waals surface area contributed by atoms with Crippen LogP contribution < -0.4 is 0 Å². The minimum atomic E-state index is 0.586. The van der Waals surface area contributed by atoms with E-state index in [1.54, 1.807) is 0 Å². The number of fused-ring (bicyclic) bond motifs is 8. The van der Waals surface area contributed by atoms with Crippen LogP contribution >= 0.6 is 0 Å². The standard InChI is InChI=1S/C49H30N4O/c1-4-16-31(17-5-1)34-24-14-25-37-39(34)30-40(49-51-47(32-18-6-2-7-19-32)50-48(52-49)33-20-8-3-9-21-33)44-38-26-15-29-43(45(38)54-46(37)44)53-41-27-12-10-22-35(41)36-23-11-13-28-42(36)53/h1-30H. The Morgan fingerprint density at radius 3 is 1.48 bits per heavy atom. The quantitative estimate of drug-likeness (QED) is 0.180. The number of furan rings is 1. The van der Waals surface area contributed by atoms with Gasteiger partial charge in [0.05, 0.1) is 16.7 Å². The fourth-order valence-electron chi connectivity index (χ4n) is 8.03. The van der Waals surface area contributed by atoms with Crippen molar-refractivity contribution in [1.29, 1.82) is 0 Å². The molecule has 0 aliphatic carbocycles. The van der Waals surface area contributed by atoms with Gasteiger partial charge in [-0.3, -0.25) is 0 Å². The first kappa shape index (κ1) is 30.3. The molecule has 0 radical (unpaired) electrons. The summed E-state index contributed by atoms with van der Waals surface area (Å²) in [6.45, 7) is 0. The van der Waals surface area contributed by atoms with Gasteiger partial charge in [-0.15, -0.1) is 0 Å². The summed E-state index contributed by atoms with van der Waals surface area (Å²) in [6, 6.07) is 63.1. The molecule has 0 unspecified atom stereocenters. The van der Waals surface area contributed by atoms with Crippen molar-refractivity contribution in [2.75, 3.05) is 0 Å². The van der Waals surface area contributed by atoms with Crippen molar-refractivity contribution < 1.29 is 4.42 Å².